The van der Waals surface area contributed by atoms with Gasteiger partial charge in [-0.25, -0.2) is 12.8 Å². The van der Waals surface area contributed by atoms with Crippen molar-refractivity contribution in [1.29, 1.82) is 0 Å². The van der Waals surface area contributed by atoms with Gasteiger partial charge in [0, 0.05) is 16.3 Å². The minimum Gasteiger partial charge on any atom is -0.398 e. The van der Waals surface area contributed by atoms with Crippen LogP contribution in [0.2, 0.25) is 5.02 Å². The van der Waals surface area contributed by atoms with E-state index in [2.05, 4.69) is 0 Å². The van der Waals surface area contributed by atoms with Crippen molar-refractivity contribution < 1.29 is 12.8 Å². The Morgan fingerprint density at radius 1 is 1.25 bits per heavy atom. The number of nitrogen functional groups attached to an aromatic ring is 1. The fourth-order valence-electron chi connectivity index (χ4n) is 1.90. The van der Waals surface area contributed by atoms with Gasteiger partial charge in [0.15, 0.2) is 9.84 Å². The highest BCUT2D eigenvalue weighted by atomic mass is 35.5. The van der Waals surface area contributed by atoms with Crippen LogP contribution in [0.15, 0.2) is 41.3 Å². The second-order valence-corrected chi connectivity index (χ2v) is 6.86. The van der Waals surface area contributed by atoms with Crippen molar-refractivity contribution in [3.8, 4) is 0 Å². The Labute approximate surface area is 122 Å². The molecule has 0 radical (unpaired) electrons. The summed E-state index contributed by atoms with van der Waals surface area (Å²) >= 11 is 5.77. The molecule has 0 saturated carbocycles. The van der Waals surface area contributed by atoms with E-state index < -0.39 is 21.4 Å². The topological polar surface area (TPSA) is 60.2 Å². The van der Waals surface area contributed by atoms with Gasteiger partial charge in [-0.3, -0.25) is 0 Å². The van der Waals surface area contributed by atoms with Gasteiger partial charge in [-0.2, -0.15) is 0 Å². The van der Waals surface area contributed by atoms with Crippen molar-refractivity contribution in [3.05, 3.63) is 58.4 Å². The van der Waals surface area contributed by atoms with Crippen molar-refractivity contribution >= 4 is 27.1 Å². The first-order valence-corrected chi connectivity index (χ1v) is 7.86. The van der Waals surface area contributed by atoms with Gasteiger partial charge in [-0.15, -0.1) is 0 Å². The first-order chi connectivity index (χ1) is 9.31. The van der Waals surface area contributed by atoms with Crippen LogP contribution in [-0.2, 0) is 15.6 Å². The summed E-state index contributed by atoms with van der Waals surface area (Å²) in [6.07, 6.45) is 0. The summed E-state index contributed by atoms with van der Waals surface area (Å²) in [6.45, 7) is 1.62. The fourth-order valence-corrected chi connectivity index (χ4v) is 3.76. The normalized spacial score (nSPS) is 11.6. The molecule has 3 nitrogen and oxygen atoms in total. The smallest absolute Gasteiger partial charge is 0.182 e. The molecule has 0 aromatic heterocycles. The molecule has 0 spiro atoms. The Balaban J connectivity index is 2.46. The minimum absolute atomic E-state index is 0.0410. The van der Waals surface area contributed by atoms with Crippen LogP contribution in [0, 0.1) is 12.7 Å². The molecule has 0 aliphatic carbocycles. The van der Waals surface area contributed by atoms with E-state index in [1.807, 2.05) is 0 Å². The molecule has 0 amide bonds. The first kappa shape index (κ1) is 14.8. The molecule has 106 valence electrons. The molecule has 0 bridgehead atoms. The van der Waals surface area contributed by atoms with Crippen molar-refractivity contribution in [2.75, 3.05) is 5.73 Å². The summed E-state index contributed by atoms with van der Waals surface area (Å²) in [5.41, 5.74) is 6.60. The van der Waals surface area contributed by atoms with E-state index in [0.717, 1.165) is 6.07 Å². The fraction of sp³-hybridized carbons (Fsp3) is 0.143. The third-order valence-electron chi connectivity index (χ3n) is 3.01. The Morgan fingerprint density at radius 3 is 2.65 bits per heavy atom. The molecule has 20 heavy (non-hydrogen) atoms. The minimum atomic E-state index is -3.68. The zero-order valence-electron chi connectivity index (χ0n) is 10.7. The van der Waals surface area contributed by atoms with Gasteiger partial charge in [0.05, 0.1) is 10.6 Å². The maximum atomic E-state index is 13.6. The predicted molar refractivity (Wildman–Crippen MR) is 77.9 cm³/mol. The highest BCUT2D eigenvalue weighted by molar-refractivity contribution is 7.90. The van der Waals surface area contributed by atoms with E-state index in [4.69, 9.17) is 17.3 Å². The maximum absolute atomic E-state index is 13.6. The summed E-state index contributed by atoms with van der Waals surface area (Å²) in [7, 11) is -3.68. The number of anilines is 1. The zero-order valence-corrected chi connectivity index (χ0v) is 12.3. The number of rotatable bonds is 3. The van der Waals surface area contributed by atoms with Gasteiger partial charge >= 0.3 is 0 Å². The summed E-state index contributed by atoms with van der Waals surface area (Å²) in [5, 5.41) is 0.292. The lowest BCUT2D eigenvalue weighted by atomic mass is 10.2. The molecule has 0 aliphatic rings. The molecule has 2 rings (SSSR count). The Bertz CT molecular complexity index is 760. The summed E-state index contributed by atoms with van der Waals surface area (Å²) in [4.78, 5) is 0.108. The number of hydrogen-bond acceptors (Lipinski definition) is 3. The average molecular weight is 314 g/mol. The SMILES string of the molecule is Cc1c(N)cccc1S(=O)(=O)Cc1cc(Cl)ccc1F. The molecule has 0 heterocycles. The highest BCUT2D eigenvalue weighted by Gasteiger charge is 2.20. The molecule has 0 aliphatic heterocycles. The molecule has 0 fully saturated rings. The van der Waals surface area contributed by atoms with Gasteiger partial charge in [0.1, 0.15) is 5.82 Å². The number of sulfone groups is 1. The molecular weight excluding hydrogens is 301 g/mol. The quantitative estimate of drug-likeness (QED) is 0.884. The molecular formula is C14H13ClFNO2S. The van der Waals surface area contributed by atoms with Crippen molar-refractivity contribution in [3.63, 3.8) is 0 Å². The van der Waals surface area contributed by atoms with Gasteiger partial charge in [0.2, 0.25) is 0 Å². The standard InChI is InChI=1S/C14H13ClFNO2S/c1-9-13(17)3-2-4-14(9)20(18,19)8-10-7-11(15)5-6-12(10)16/h2-7H,8,17H2,1H3. The number of nitrogens with two attached hydrogens (primary N) is 1. The van der Waals surface area contributed by atoms with Crippen LogP contribution in [0.1, 0.15) is 11.1 Å². The zero-order chi connectivity index (χ0) is 14.9. The van der Waals surface area contributed by atoms with Crippen molar-refractivity contribution in [2.45, 2.75) is 17.6 Å². The summed E-state index contributed by atoms with van der Waals surface area (Å²) in [6, 6.07) is 8.48. The van der Waals surface area contributed by atoms with Crippen LogP contribution < -0.4 is 5.73 Å². The second kappa shape index (κ2) is 5.42. The molecule has 2 aromatic rings. The third kappa shape index (κ3) is 2.94. The van der Waals surface area contributed by atoms with Gasteiger partial charge in [-0.1, -0.05) is 17.7 Å². The van der Waals surface area contributed by atoms with Crippen LogP contribution in [0.5, 0.6) is 0 Å². The third-order valence-corrected chi connectivity index (χ3v) is 5.05. The maximum Gasteiger partial charge on any atom is 0.182 e. The van der Waals surface area contributed by atoms with Crippen LogP contribution in [0.4, 0.5) is 10.1 Å². The molecule has 0 atom stereocenters. The lowest BCUT2D eigenvalue weighted by Crippen LogP contribution is -2.09. The first-order valence-electron chi connectivity index (χ1n) is 5.83. The predicted octanol–water partition coefficient (Wildman–Crippen LogP) is 3.34. The van der Waals surface area contributed by atoms with Crippen LogP contribution >= 0.6 is 11.6 Å². The number of halogens is 2. The number of hydrogen-bond donors (Lipinski definition) is 1. The van der Waals surface area contributed by atoms with Crippen LogP contribution in [0.25, 0.3) is 0 Å². The van der Waals surface area contributed by atoms with E-state index in [1.165, 1.54) is 18.2 Å². The van der Waals surface area contributed by atoms with E-state index in [-0.39, 0.29) is 10.5 Å². The second-order valence-electron chi connectivity index (χ2n) is 4.47. The molecule has 0 unspecified atom stereocenters. The van der Waals surface area contributed by atoms with Crippen molar-refractivity contribution in [2.24, 2.45) is 0 Å². The van der Waals surface area contributed by atoms with E-state index >= 15 is 0 Å². The molecule has 6 heteroatoms. The largest absolute Gasteiger partial charge is 0.398 e. The van der Waals surface area contributed by atoms with E-state index in [9.17, 15) is 12.8 Å². The lowest BCUT2D eigenvalue weighted by molar-refractivity contribution is 0.586. The molecule has 2 aromatic carbocycles. The lowest BCUT2D eigenvalue weighted by Gasteiger charge is -2.10. The van der Waals surface area contributed by atoms with Gasteiger partial charge in [0.25, 0.3) is 0 Å². The van der Waals surface area contributed by atoms with Gasteiger partial charge < -0.3 is 5.73 Å². The molecule has 2 N–H and O–H groups in total. The summed E-state index contributed by atoms with van der Waals surface area (Å²) in [5.74, 6) is -1.05. The Morgan fingerprint density at radius 2 is 1.95 bits per heavy atom. The summed E-state index contributed by atoms with van der Waals surface area (Å²) < 4.78 is 38.4. The van der Waals surface area contributed by atoms with E-state index in [0.29, 0.717) is 16.3 Å². The van der Waals surface area contributed by atoms with E-state index in [1.54, 1.807) is 19.1 Å². The van der Waals surface area contributed by atoms with Crippen LogP contribution in [0.3, 0.4) is 0 Å². The Hall–Kier alpha value is -1.59. The van der Waals surface area contributed by atoms with Crippen molar-refractivity contribution in [1.82, 2.24) is 0 Å². The molecule has 0 saturated heterocycles. The Kier molecular flexibility index (Phi) is 4.01. The van der Waals surface area contributed by atoms with Gasteiger partial charge in [-0.05, 0) is 42.8 Å². The average Bonchev–Trinajstić information content (AvgIpc) is 2.36. The monoisotopic (exact) mass is 313 g/mol. The number of benzene rings is 2. The van der Waals surface area contributed by atoms with Crippen LogP contribution in [-0.4, -0.2) is 8.42 Å². The highest BCUT2D eigenvalue weighted by Crippen LogP contribution is 2.25.